The summed E-state index contributed by atoms with van der Waals surface area (Å²) < 4.78 is 0. The van der Waals surface area contributed by atoms with Gasteiger partial charge in [0.25, 0.3) is 0 Å². The van der Waals surface area contributed by atoms with Crippen molar-refractivity contribution in [3.63, 3.8) is 0 Å². The van der Waals surface area contributed by atoms with Crippen LogP contribution in [0.5, 0.6) is 0 Å². The zero-order chi connectivity index (χ0) is 13.7. The van der Waals surface area contributed by atoms with Gasteiger partial charge in [-0.15, -0.1) is 0 Å². The van der Waals surface area contributed by atoms with Crippen LogP contribution in [-0.4, -0.2) is 0 Å². The minimum absolute atomic E-state index is 0.0309. The Balaban J connectivity index is 1.87. The van der Waals surface area contributed by atoms with Crippen LogP contribution in [0, 0.1) is 34.5 Å². The Bertz CT molecular complexity index is 308. The molecule has 0 unspecified atom stereocenters. The summed E-state index contributed by atoms with van der Waals surface area (Å²) >= 11 is 0. The molecule has 0 heterocycles. The molecular weight excluding hydrogens is 230 g/mol. The molecule has 1 nitrogen and oxygen atoms in total. The van der Waals surface area contributed by atoms with Gasteiger partial charge in [0.2, 0.25) is 0 Å². The first kappa shape index (κ1) is 14.9. The Labute approximate surface area is 119 Å². The van der Waals surface area contributed by atoms with E-state index in [9.17, 15) is 5.26 Å². The smallest absolute Gasteiger partial charge is 0.0689 e. The van der Waals surface area contributed by atoms with Gasteiger partial charge in [0.15, 0.2) is 0 Å². The van der Waals surface area contributed by atoms with Crippen molar-refractivity contribution < 1.29 is 0 Å². The van der Waals surface area contributed by atoms with Crippen molar-refractivity contribution in [3.05, 3.63) is 0 Å². The SMILES string of the molecule is CCCC1CCC([C@@H]2CCC[C@@](C#N)(CC)C2)CC1. The molecule has 0 aromatic carbocycles. The summed E-state index contributed by atoms with van der Waals surface area (Å²) in [7, 11) is 0. The summed E-state index contributed by atoms with van der Waals surface area (Å²) in [4.78, 5) is 0. The molecule has 2 atom stereocenters. The monoisotopic (exact) mass is 261 g/mol. The van der Waals surface area contributed by atoms with Crippen LogP contribution in [-0.2, 0) is 0 Å². The van der Waals surface area contributed by atoms with Gasteiger partial charge in [-0.3, -0.25) is 0 Å². The van der Waals surface area contributed by atoms with Crippen molar-refractivity contribution in [2.24, 2.45) is 23.2 Å². The molecule has 0 N–H and O–H groups in total. The van der Waals surface area contributed by atoms with Crippen molar-refractivity contribution in [3.8, 4) is 6.07 Å². The molecule has 0 aromatic heterocycles. The third kappa shape index (κ3) is 3.53. The highest BCUT2D eigenvalue weighted by molar-refractivity contribution is 5.02. The molecule has 0 aliphatic heterocycles. The van der Waals surface area contributed by atoms with Gasteiger partial charge in [-0.05, 0) is 49.9 Å². The standard InChI is InChI=1S/C18H31N/c1-3-6-15-8-10-16(11-9-15)17-7-5-12-18(4-2,13-17)14-19/h15-17H,3-13H2,1-2H3/t15?,16?,17-,18+/m1/s1. The van der Waals surface area contributed by atoms with Crippen LogP contribution in [0.2, 0.25) is 0 Å². The fourth-order valence-corrected chi connectivity index (χ4v) is 4.67. The number of nitriles is 1. The minimum atomic E-state index is 0.0309. The van der Waals surface area contributed by atoms with Crippen LogP contribution in [0.3, 0.4) is 0 Å². The Morgan fingerprint density at radius 3 is 2.37 bits per heavy atom. The molecule has 2 fully saturated rings. The van der Waals surface area contributed by atoms with Crippen molar-refractivity contribution in [2.75, 3.05) is 0 Å². The number of rotatable bonds is 4. The summed E-state index contributed by atoms with van der Waals surface area (Å²) in [5.74, 6) is 2.81. The average Bonchev–Trinajstić information content (AvgIpc) is 2.48. The summed E-state index contributed by atoms with van der Waals surface area (Å²) in [6.07, 6.45) is 14.7. The molecule has 2 aliphatic carbocycles. The largest absolute Gasteiger partial charge is 0.198 e. The van der Waals surface area contributed by atoms with E-state index in [1.54, 1.807) is 0 Å². The molecule has 2 saturated carbocycles. The van der Waals surface area contributed by atoms with Crippen molar-refractivity contribution >= 4 is 0 Å². The molecule has 0 spiro atoms. The Morgan fingerprint density at radius 1 is 1.05 bits per heavy atom. The van der Waals surface area contributed by atoms with Crippen LogP contribution in [0.4, 0.5) is 0 Å². The van der Waals surface area contributed by atoms with Gasteiger partial charge in [-0.2, -0.15) is 5.26 Å². The van der Waals surface area contributed by atoms with Crippen LogP contribution in [0.15, 0.2) is 0 Å². The normalized spacial score (nSPS) is 39.7. The first-order valence-corrected chi connectivity index (χ1v) is 8.64. The maximum Gasteiger partial charge on any atom is 0.0689 e. The fourth-order valence-electron chi connectivity index (χ4n) is 4.67. The lowest BCUT2D eigenvalue weighted by Gasteiger charge is -2.41. The van der Waals surface area contributed by atoms with Crippen LogP contribution in [0.1, 0.15) is 84.5 Å². The fraction of sp³-hybridized carbons (Fsp3) is 0.944. The molecule has 0 bridgehead atoms. The predicted octanol–water partition coefficient (Wildman–Crippen LogP) is 5.70. The first-order valence-electron chi connectivity index (χ1n) is 8.64. The highest BCUT2D eigenvalue weighted by atomic mass is 14.4. The molecule has 108 valence electrons. The lowest BCUT2D eigenvalue weighted by molar-refractivity contribution is 0.107. The highest BCUT2D eigenvalue weighted by Gasteiger charge is 2.38. The zero-order valence-corrected chi connectivity index (χ0v) is 13.0. The predicted molar refractivity (Wildman–Crippen MR) is 80.7 cm³/mol. The van der Waals surface area contributed by atoms with E-state index in [4.69, 9.17) is 0 Å². The van der Waals surface area contributed by atoms with Gasteiger partial charge in [-0.1, -0.05) is 52.4 Å². The van der Waals surface area contributed by atoms with Gasteiger partial charge in [0.05, 0.1) is 11.5 Å². The molecule has 0 amide bonds. The van der Waals surface area contributed by atoms with Gasteiger partial charge in [-0.25, -0.2) is 0 Å². The molecule has 2 rings (SSSR count). The number of hydrogen-bond donors (Lipinski definition) is 0. The summed E-state index contributed by atoms with van der Waals surface area (Å²) in [6, 6.07) is 2.67. The molecule has 1 heteroatoms. The Hall–Kier alpha value is -0.510. The van der Waals surface area contributed by atoms with Crippen LogP contribution in [0.25, 0.3) is 0 Å². The van der Waals surface area contributed by atoms with E-state index in [1.807, 2.05) is 0 Å². The Morgan fingerprint density at radius 2 is 1.79 bits per heavy atom. The molecule has 19 heavy (non-hydrogen) atoms. The molecule has 0 saturated heterocycles. The van der Waals surface area contributed by atoms with Gasteiger partial charge in [0.1, 0.15) is 0 Å². The van der Waals surface area contributed by atoms with Gasteiger partial charge in [0, 0.05) is 0 Å². The Kier molecular flexibility index (Phi) is 5.31. The zero-order valence-electron chi connectivity index (χ0n) is 13.0. The summed E-state index contributed by atoms with van der Waals surface area (Å²) in [6.45, 7) is 4.53. The molecule has 2 aliphatic rings. The lowest BCUT2D eigenvalue weighted by atomic mass is 9.63. The first-order chi connectivity index (χ1) is 9.23. The third-order valence-corrected chi connectivity index (χ3v) is 6.05. The average molecular weight is 261 g/mol. The molecular formula is C18H31N. The third-order valence-electron chi connectivity index (χ3n) is 6.05. The number of hydrogen-bond acceptors (Lipinski definition) is 1. The second-order valence-corrected chi connectivity index (χ2v) is 7.17. The van der Waals surface area contributed by atoms with E-state index >= 15 is 0 Å². The van der Waals surface area contributed by atoms with Crippen molar-refractivity contribution in [2.45, 2.75) is 84.5 Å². The van der Waals surface area contributed by atoms with Crippen LogP contribution < -0.4 is 0 Å². The van der Waals surface area contributed by atoms with Crippen molar-refractivity contribution in [1.29, 1.82) is 5.26 Å². The molecule has 0 radical (unpaired) electrons. The minimum Gasteiger partial charge on any atom is -0.198 e. The second kappa shape index (κ2) is 6.78. The summed E-state index contributed by atoms with van der Waals surface area (Å²) in [5.41, 5.74) is 0.0309. The maximum absolute atomic E-state index is 9.52. The van der Waals surface area contributed by atoms with E-state index in [0.29, 0.717) is 0 Å². The van der Waals surface area contributed by atoms with Gasteiger partial charge < -0.3 is 0 Å². The quantitative estimate of drug-likeness (QED) is 0.636. The van der Waals surface area contributed by atoms with E-state index in [1.165, 1.54) is 57.8 Å². The highest BCUT2D eigenvalue weighted by Crippen LogP contribution is 2.47. The maximum atomic E-state index is 9.52. The second-order valence-electron chi connectivity index (χ2n) is 7.17. The van der Waals surface area contributed by atoms with Gasteiger partial charge >= 0.3 is 0 Å². The lowest BCUT2D eigenvalue weighted by Crippen LogP contribution is -2.32. The summed E-state index contributed by atoms with van der Waals surface area (Å²) in [5, 5.41) is 9.52. The topological polar surface area (TPSA) is 23.8 Å². The van der Waals surface area contributed by atoms with E-state index in [0.717, 1.165) is 30.6 Å². The van der Waals surface area contributed by atoms with Crippen molar-refractivity contribution in [1.82, 2.24) is 0 Å². The number of nitrogens with zero attached hydrogens (tertiary/aromatic N) is 1. The van der Waals surface area contributed by atoms with E-state index < -0.39 is 0 Å². The van der Waals surface area contributed by atoms with E-state index in [2.05, 4.69) is 19.9 Å². The van der Waals surface area contributed by atoms with Crippen LogP contribution >= 0.6 is 0 Å². The molecule has 0 aromatic rings. The van der Waals surface area contributed by atoms with E-state index in [-0.39, 0.29) is 5.41 Å².